The number of carboxylic acids is 1. The van der Waals surface area contributed by atoms with Crippen molar-refractivity contribution >= 4 is 12.0 Å². The van der Waals surface area contributed by atoms with E-state index in [1.165, 1.54) is 25.0 Å². The van der Waals surface area contributed by atoms with Crippen LogP contribution in [0.4, 0.5) is 4.79 Å². The minimum Gasteiger partial charge on any atom is -0.475 e. The van der Waals surface area contributed by atoms with Gasteiger partial charge < -0.3 is 20.2 Å². The van der Waals surface area contributed by atoms with Crippen LogP contribution in [0, 0.1) is 5.92 Å². The van der Waals surface area contributed by atoms with Crippen LogP contribution in [0.25, 0.3) is 0 Å². The van der Waals surface area contributed by atoms with Crippen molar-refractivity contribution < 1.29 is 19.1 Å². The zero-order chi connectivity index (χ0) is 13.1. The SMILES string of the molecule is CC(NC(=O)NCc1ccc(C(=O)O)o1)C1CC1. The quantitative estimate of drug-likeness (QED) is 0.741. The second-order valence-electron chi connectivity index (χ2n) is 4.52. The van der Waals surface area contributed by atoms with Gasteiger partial charge >= 0.3 is 12.0 Å². The highest BCUT2D eigenvalue weighted by atomic mass is 16.4. The van der Waals surface area contributed by atoms with E-state index in [0.29, 0.717) is 11.7 Å². The van der Waals surface area contributed by atoms with Crippen LogP contribution in [0.15, 0.2) is 16.5 Å². The van der Waals surface area contributed by atoms with E-state index in [1.54, 1.807) is 0 Å². The molecule has 18 heavy (non-hydrogen) atoms. The fourth-order valence-corrected chi connectivity index (χ4v) is 1.73. The minimum absolute atomic E-state index is 0.126. The van der Waals surface area contributed by atoms with Crippen molar-refractivity contribution in [1.82, 2.24) is 10.6 Å². The van der Waals surface area contributed by atoms with Gasteiger partial charge in [0, 0.05) is 6.04 Å². The highest BCUT2D eigenvalue weighted by molar-refractivity contribution is 5.84. The first-order valence-electron chi connectivity index (χ1n) is 5.92. The molecule has 1 aliphatic carbocycles. The van der Waals surface area contributed by atoms with E-state index in [0.717, 1.165) is 0 Å². The fraction of sp³-hybridized carbons (Fsp3) is 0.500. The zero-order valence-corrected chi connectivity index (χ0v) is 10.1. The van der Waals surface area contributed by atoms with Gasteiger partial charge in [-0.2, -0.15) is 0 Å². The molecule has 98 valence electrons. The Morgan fingerprint density at radius 3 is 2.78 bits per heavy atom. The molecule has 3 N–H and O–H groups in total. The Morgan fingerprint density at radius 1 is 1.50 bits per heavy atom. The summed E-state index contributed by atoms with van der Waals surface area (Å²) in [7, 11) is 0. The average molecular weight is 252 g/mol. The van der Waals surface area contributed by atoms with Crippen LogP contribution in [-0.2, 0) is 6.54 Å². The second-order valence-corrected chi connectivity index (χ2v) is 4.52. The largest absolute Gasteiger partial charge is 0.475 e. The van der Waals surface area contributed by atoms with Gasteiger partial charge in [0.2, 0.25) is 5.76 Å². The Labute approximate surface area is 104 Å². The maximum atomic E-state index is 11.5. The predicted molar refractivity (Wildman–Crippen MR) is 63.2 cm³/mol. The molecule has 0 bridgehead atoms. The molecule has 1 unspecified atom stereocenters. The first kappa shape index (κ1) is 12.5. The summed E-state index contributed by atoms with van der Waals surface area (Å²) >= 11 is 0. The van der Waals surface area contributed by atoms with Gasteiger partial charge in [-0.3, -0.25) is 0 Å². The topological polar surface area (TPSA) is 91.6 Å². The Morgan fingerprint density at radius 2 is 2.22 bits per heavy atom. The number of hydrogen-bond donors (Lipinski definition) is 3. The Balaban J connectivity index is 1.75. The maximum Gasteiger partial charge on any atom is 0.371 e. The first-order valence-corrected chi connectivity index (χ1v) is 5.92. The van der Waals surface area contributed by atoms with E-state index in [2.05, 4.69) is 10.6 Å². The summed E-state index contributed by atoms with van der Waals surface area (Å²) in [5, 5.41) is 14.1. The predicted octanol–water partition coefficient (Wildman–Crippen LogP) is 1.58. The van der Waals surface area contributed by atoms with Crippen LogP contribution in [0.3, 0.4) is 0 Å². The van der Waals surface area contributed by atoms with Crippen molar-refractivity contribution in [2.45, 2.75) is 32.4 Å². The lowest BCUT2D eigenvalue weighted by molar-refractivity contribution is 0.0660. The van der Waals surface area contributed by atoms with Crippen LogP contribution in [0.1, 0.15) is 36.1 Å². The number of carbonyl (C=O) groups excluding carboxylic acids is 1. The van der Waals surface area contributed by atoms with E-state index >= 15 is 0 Å². The van der Waals surface area contributed by atoms with Crippen molar-refractivity contribution in [3.63, 3.8) is 0 Å². The Kier molecular flexibility index (Phi) is 3.55. The van der Waals surface area contributed by atoms with Crippen molar-refractivity contribution in [2.24, 2.45) is 5.92 Å². The van der Waals surface area contributed by atoms with E-state index < -0.39 is 5.97 Å². The van der Waals surface area contributed by atoms with Gasteiger partial charge in [-0.05, 0) is 37.8 Å². The van der Waals surface area contributed by atoms with Crippen molar-refractivity contribution in [1.29, 1.82) is 0 Å². The lowest BCUT2D eigenvalue weighted by Gasteiger charge is -2.12. The summed E-state index contributed by atoms with van der Waals surface area (Å²) in [5.74, 6) is -0.230. The highest BCUT2D eigenvalue weighted by Crippen LogP contribution is 2.32. The van der Waals surface area contributed by atoms with Crippen LogP contribution < -0.4 is 10.6 Å². The van der Waals surface area contributed by atoms with Crippen molar-refractivity contribution in [3.05, 3.63) is 23.7 Å². The summed E-state index contributed by atoms with van der Waals surface area (Å²) in [6.45, 7) is 2.16. The molecule has 0 saturated heterocycles. The van der Waals surface area contributed by atoms with Gasteiger partial charge in [0.05, 0.1) is 6.54 Å². The molecule has 2 amide bonds. The summed E-state index contributed by atoms with van der Waals surface area (Å²) in [6.07, 6.45) is 2.34. The Hall–Kier alpha value is -1.98. The normalized spacial score (nSPS) is 16.1. The molecule has 2 rings (SSSR count). The number of amides is 2. The van der Waals surface area contributed by atoms with Crippen molar-refractivity contribution in [2.75, 3.05) is 0 Å². The van der Waals surface area contributed by atoms with Crippen LogP contribution in [-0.4, -0.2) is 23.1 Å². The molecular formula is C12H16N2O4. The number of hydrogen-bond acceptors (Lipinski definition) is 3. The number of aromatic carboxylic acids is 1. The average Bonchev–Trinajstić information content (AvgIpc) is 3.05. The van der Waals surface area contributed by atoms with Crippen molar-refractivity contribution in [3.8, 4) is 0 Å². The number of carboxylic acid groups (broad SMARTS) is 1. The number of carbonyl (C=O) groups is 2. The Bertz CT molecular complexity index is 451. The molecule has 1 aromatic rings. The number of nitrogens with one attached hydrogen (secondary N) is 2. The lowest BCUT2D eigenvalue weighted by Crippen LogP contribution is -2.41. The molecule has 0 aliphatic heterocycles. The van der Waals surface area contributed by atoms with Gasteiger partial charge in [0.15, 0.2) is 0 Å². The third kappa shape index (κ3) is 3.26. The van der Waals surface area contributed by atoms with Gasteiger partial charge in [0.25, 0.3) is 0 Å². The molecule has 6 heteroatoms. The lowest BCUT2D eigenvalue weighted by atomic mass is 10.2. The molecule has 1 aromatic heterocycles. The third-order valence-corrected chi connectivity index (χ3v) is 2.98. The molecule has 1 atom stereocenters. The van der Waals surface area contributed by atoms with Crippen LogP contribution >= 0.6 is 0 Å². The number of rotatable bonds is 5. The molecule has 0 radical (unpaired) electrons. The molecule has 1 fully saturated rings. The van der Waals surface area contributed by atoms with Gasteiger partial charge in [-0.15, -0.1) is 0 Å². The summed E-state index contributed by atoms with van der Waals surface area (Å²) < 4.78 is 5.02. The van der Waals surface area contributed by atoms with E-state index in [-0.39, 0.29) is 24.4 Å². The first-order chi connectivity index (χ1) is 8.56. The molecule has 0 aromatic carbocycles. The summed E-state index contributed by atoms with van der Waals surface area (Å²) in [4.78, 5) is 22.1. The fourth-order valence-electron chi connectivity index (χ4n) is 1.73. The number of urea groups is 1. The smallest absolute Gasteiger partial charge is 0.371 e. The van der Waals surface area contributed by atoms with E-state index in [9.17, 15) is 9.59 Å². The minimum atomic E-state index is -1.12. The zero-order valence-electron chi connectivity index (χ0n) is 10.1. The monoisotopic (exact) mass is 252 g/mol. The second kappa shape index (κ2) is 5.12. The molecular weight excluding hydrogens is 236 g/mol. The highest BCUT2D eigenvalue weighted by Gasteiger charge is 2.28. The van der Waals surface area contributed by atoms with Gasteiger partial charge in [-0.25, -0.2) is 9.59 Å². The molecule has 1 saturated carbocycles. The van der Waals surface area contributed by atoms with Gasteiger partial charge in [0.1, 0.15) is 5.76 Å². The standard InChI is InChI=1S/C12H16N2O4/c1-7(8-2-3-8)14-12(17)13-6-9-4-5-10(18-9)11(15)16/h4-5,7-8H,2-3,6H2,1H3,(H,15,16)(H2,13,14,17). The molecule has 1 heterocycles. The van der Waals surface area contributed by atoms with E-state index in [4.69, 9.17) is 9.52 Å². The molecule has 6 nitrogen and oxygen atoms in total. The maximum absolute atomic E-state index is 11.5. The molecule has 1 aliphatic rings. The van der Waals surface area contributed by atoms with Crippen LogP contribution in [0.2, 0.25) is 0 Å². The van der Waals surface area contributed by atoms with Crippen LogP contribution in [0.5, 0.6) is 0 Å². The summed E-state index contributed by atoms with van der Waals surface area (Å²) in [6, 6.07) is 2.82. The third-order valence-electron chi connectivity index (χ3n) is 2.98. The van der Waals surface area contributed by atoms with E-state index in [1.807, 2.05) is 6.92 Å². The van der Waals surface area contributed by atoms with Gasteiger partial charge in [-0.1, -0.05) is 0 Å². The summed E-state index contributed by atoms with van der Waals surface area (Å²) in [5.41, 5.74) is 0. The number of furan rings is 1. The molecule has 0 spiro atoms.